The van der Waals surface area contributed by atoms with Gasteiger partial charge in [0, 0.05) is 20.1 Å². The van der Waals surface area contributed by atoms with Gasteiger partial charge in [-0.3, -0.25) is 4.79 Å². The van der Waals surface area contributed by atoms with E-state index in [1.807, 2.05) is 7.11 Å². The number of hydrogen-bond donors (Lipinski definition) is 1. The van der Waals surface area contributed by atoms with E-state index in [0.717, 1.165) is 11.8 Å². The number of amides is 1. The second-order valence-electron chi connectivity index (χ2n) is 8.98. The molecule has 1 N–H and O–H groups in total. The molecular weight excluding hydrogens is 262 g/mol. The van der Waals surface area contributed by atoms with Crippen molar-refractivity contribution >= 4 is 5.91 Å². The highest BCUT2D eigenvalue weighted by Crippen LogP contribution is 2.59. The van der Waals surface area contributed by atoms with Crippen LogP contribution >= 0.6 is 0 Å². The monoisotopic (exact) mass is 293 g/mol. The Bertz CT molecular complexity index is 382. The van der Waals surface area contributed by atoms with Crippen LogP contribution in [0.2, 0.25) is 0 Å². The molecule has 0 aromatic carbocycles. The fourth-order valence-electron chi connectivity index (χ4n) is 5.46. The first-order chi connectivity index (χ1) is 9.82. The van der Waals surface area contributed by atoms with Gasteiger partial charge in [-0.1, -0.05) is 20.8 Å². The van der Waals surface area contributed by atoms with E-state index in [2.05, 4.69) is 26.1 Å². The van der Waals surface area contributed by atoms with Crippen LogP contribution in [0.5, 0.6) is 0 Å². The quantitative estimate of drug-likeness (QED) is 0.863. The van der Waals surface area contributed by atoms with Gasteiger partial charge < -0.3 is 10.1 Å². The number of rotatable bonds is 4. The smallest absolute Gasteiger partial charge is 0.220 e. The largest absolute Gasteiger partial charge is 0.376 e. The zero-order chi connectivity index (χ0) is 15.3. The van der Waals surface area contributed by atoms with Crippen molar-refractivity contribution in [3.8, 4) is 0 Å². The zero-order valence-corrected chi connectivity index (χ0v) is 14.1. The van der Waals surface area contributed by atoms with Crippen molar-refractivity contribution < 1.29 is 9.53 Å². The van der Waals surface area contributed by atoms with Gasteiger partial charge in [-0.05, 0) is 61.2 Å². The Balaban J connectivity index is 1.66. The Morgan fingerprint density at radius 2 is 1.62 bits per heavy atom. The average Bonchev–Trinajstić information content (AvgIpc) is 2.36. The fourth-order valence-corrected chi connectivity index (χ4v) is 5.46. The van der Waals surface area contributed by atoms with Crippen LogP contribution in [-0.2, 0) is 9.53 Å². The molecule has 0 saturated heterocycles. The van der Waals surface area contributed by atoms with E-state index in [-0.39, 0.29) is 16.9 Å². The maximum atomic E-state index is 12.2. The molecule has 3 heteroatoms. The van der Waals surface area contributed by atoms with Gasteiger partial charge in [0.05, 0.1) is 5.60 Å². The lowest BCUT2D eigenvalue weighted by molar-refractivity contribution is -0.188. The number of carbonyl (C=O) groups is 1. The van der Waals surface area contributed by atoms with Crippen molar-refractivity contribution in [2.75, 3.05) is 13.7 Å². The van der Waals surface area contributed by atoms with Crippen LogP contribution in [-0.4, -0.2) is 25.2 Å². The number of ether oxygens (including phenoxy) is 1. The van der Waals surface area contributed by atoms with Gasteiger partial charge in [-0.25, -0.2) is 0 Å². The summed E-state index contributed by atoms with van der Waals surface area (Å²) in [6.07, 6.45) is 7.30. The molecule has 21 heavy (non-hydrogen) atoms. The normalized spacial score (nSPS) is 41.3. The van der Waals surface area contributed by atoms with Gasteiger partial charge >= 0.3 is 0 Å². The molecule has 0 heterocycles. The maximum Gasteiger partial charge on any atom is 0.220 e. The molecule has 4 bridgehead atoms. The highest BCUT2D eigenvalue weighted by molar-refractivity contribution is 5.76. The zero-order valence-electron chi connectivity index (χ0n) is 14.1. The van der Waals surface area contributed by atoms with Crippen LogP contribution in [0.25, 0.3) is 0 Å². The Morgan fingerprint density at radius 3 is 2.05 bits per heavy atom. The predicted molar refractivity (Wildman–Crippen MR) is 83.9 cm³/mol. The molecule has 0 spiro atoms. The lowest BCUT2D eigenvalue weighted by Crippen LogP contribution is -2.63. The van der Waals surface area contributed by atoms with Crippen molar-refractivity contribution in [3.63, 3.8) is 0 Å². The van der Waals surface area contributed by atoms with Crippen LogP contribution in [0.4, 0.5) is 0 Å². The molecule has 0 atom stereocenters. The van der Waals surface area contributed by atoms with Gasteiger partial charge in [0.2, 0.25) is 5.91 Å². The minimum Gasteiger partial charge on any atom is -0.376 e. The summed E-state index contributed by atoms with van der Waals surface area (Å²) in [4.78, 5) is 12.2. The SMILES string of the molecule is COC1(CNC(=O)CC(C)(C)C)C2CC3CC(C2)CC1C3. The second-order valence-corrected chi connectivity index (χ2v) is 8.98. The van der Waals surface area contributed by atoms with E-state index >= 15 is 0 Å². The second kappa shape index (κ2) is 5.26. The summed E-state index contributed by atoms with van der Waals surface area (Å²) in [6.45, 7) is 7.05. The third kappa shape index (κ3) is 2.86. The van der Waals surface area contributed by atoms with Crippen LogP contribution in [0, 0.1) is 29.1 Å². The predicted octanol–water partition coefficient (Wildman–Crippen LogP) is 3.38. The van der Waals surface area contributed by atoms with E-state index in [0.29, 0.717) is 24.8 Å². The molecule has 0 unspecified atom stereocenters. The molecule has 3 nitrogen and oxygen atoms in total. The molecule has 4 aliphatic carbocycles. The van der Waals surface area contributed by atoms with Crippen molar-refractivity contribution in [2.45, 2.75) is 64.9 Å². The van der Waals surface area contributed by atoms with Crippen LogP contribution in [0.3, 0.4) is 0 Å². The molecule has 0 aromatic heterocycles. The van der Waals surface area contributed by atoms with Crippen molar-refractivity contribution in [3.05, 3.63) is 0 Å². The summed E-state index contributed by atoms with van der Waals surface area (Å²) >= 11 is 0. The number of methoxy groups -OCH3 is 1. The minimum absolute atomic E-state index is 0.0500. The molecule has 0 aromatic rings. The third-order valence-electron chi connectivity index (χ3n) is 6.15. The van der Waals surface area contributed by atoms with E-state index in [9.17, 15) is 4.79 Å². The Labute approximate surface area is 129 Å². The summed E-state index contributed by atoms with van der Waals surface area (Å²) in [7, 11) is 1.86. The molecule has 1 amide bonds. The highest BCUT2D eigenvalue weighted by atomic mass is 16.5. The van der Waals surface area contributed by atoms with Gasteiger partial charge in [-0.2, -0.15) is 0 Å². The highest BCUT2D eigenvalue weighted by Gasteiger charge is 2.57. The number of nitrogens with one attached hydrogen (secondary N) is 1. The standard InChI is InChI=1S/C18H31NO2/c1-17(2,3)10-16(20)19-11-18(21-4)14-6-12-5-13(8-14)9-15(18)7-12/h12-15H,5-11H2,1-4H3,(H,19,20). The van der Waals surface area contributed by atoms with Crippen LogP contribution < -0.4 is 5.32 Å². The molecule has 4 aliphatic rings. The Hall–Kier alpha value is -0.570. The molecular formula is C18H31NO2. The van der Waals surface area contributed by atoms with Crippen LogP contribution in [0.15, 0.2) is 0 Å². The van der Waals surface area contributed by atoms with Crippen molar-refractivity contribution in [2.24, 2.45) is 29.1 Å². The summed E-state index contributed by atoms with van der Waals surface area (Å²) < 4.78 is 6.08. The lowest BCUT2D eigenvalue weighted by Gasteiger charge is -2.60. The van der Waals surface area contributed by atoms with Gasteiger partial charge in [0.25, 0.3) is 0 Å². The fraction of sp³-hybridized carbons (Fsp3) is 0.944. The lowest BCUT2D eigenvalue weighted by atomic mass is 9.49. The molecule has 4 saturated carbocycles. The molecule has 120 valence electrons. The van der Waals surface area contributed by atoms with E-state index in [1.54, 1.807) is 0 Å². The summed E-state index contributed by atoms with van der Waals surface area (Å²) in [5.41, 5.74) is -0.0324. The first-order valence-electron chi connectivity index (χ1n) is 8.64. The number of hydrogen-bond acceptors (Lipinski definition) is 2. The molecule has 4 rings (SSSR count). The Kier molecular flexibility index (Phi) is 3.84. The van der Waals surface area contributed by atoms with Gasteiger partial charge in [-0.15, -0.1) is 0 Å². The first-order valence-corrected chi connectivity index (χ1v) is 8.64. The van der Waals surface area contributed by atoms with Crippen LogP contribution in [0.1, 0.15) is 59.3 Å². The molecule has 4 fully saturated rings. The van der Waals surface area contributed by atoms with Crippen molar-refractivity contribution in [1.29, 1.82) is 0 Å². The first kappa shape index (κ1) is 15.3. The van der Waals surface area contributed by atoms with Gasteiger partial charge in [0.15, 0.2) is 0 Å². The van der Waals surface area contributed by atoms with E-state index < -0.39 is 0 Å². The maximum absolute atomic E-state index is 12.2. The van der Waals surface area contributed by atoms with Crippen molar-refractivity contribution in [1.82, 2.24) is 5.32 Å². The molecule has 0 radical (unpaired) electrons. The summed E-state index contributed by atoms with van der Waals surface area (Å²) in [5.74, 6) is 3.36. The topological polar surface area (TPSA) is 38.3 Å². The summed E-state index contributed by atoms with van der Waals surface area (Å²) in [6, 6.07) is 0. The minimum atomic E-state index is -0.0824. The van der Waals surface area contributed by atoms with Gasteiger partial charge in [0.1, 0.15) is 0 Å². The average molecular weight is 293 g/mol. The number of carbonyl (C=O) groups excluding carboxylic acids is 1. The Morgan fingerprint density at radius 1 is 1.10 bits per heavy atom. The third-order valence-corrected chi connectivity index (χ3v) is 6.15. The summed E-state index contributed by atoms with van der Waals surface area (Å²) in [5, 5.41) is 3.20. The molecule has 0 aliphatic heterocycles. The van der Waals surface area contributed by atoms with E-state index in [1.165, 1.54) is 32.1 Å². The van der Waals surface area contributed by atoms with E-state index in [4.69, 9.17) is 4.74 Å².